The molecule has 4 aromatic rings. The highest BCUT2D eigenvalue weighted by atomic mass is 32.1. The van der Waals surface area contributed by atoms with Gasteiger partial charge in [0.2, 0.25) is 5.91 Å². The molecular formula is C23H17NO2S. The first-order chi connectivity index (χ1) is 13.2. The second-order valence-electron chi connectivity index (χ2n) is 6.99. The normalized spacial score (nSPS) is 18.5. The molecule has 1 fully saturated rings. The summed E-state index contributed by atoms with van der Waals surface area (Å²) in [5.74, 6) is 0.335. The Labute approximate surface area is 160 Å². The molecule has 1 saturated carbocycles. The molecule has 0 saturated heterocycles. The first kappa shape index (κ1) is 16.2. The van der Waals surface area contributed by atoms with Crippen molar-refractivity contribution in [3.05, 3.63) is 88.6 Å². The molecule has 3 nitrogen and oxygen atoms in total. The Morgan fingerprint density at radius 3 is 2.48 bits per heavy atom. The summed E-state index contributed by atoms with van der Waals surface area (Å²) in [5, 5.41) is 4.38. The van der Waals surface area contributed by atoms with Crippen LogP contribution in [0.25, 0.3) is 20.2 Å². The first-order valence-corrected chi connectivity index (χ1v) is 9.84. The van der Waals surface area contributed by atoms with E-state index in [9.17, 15) is 9.59 Å². The SMILES string of the molecule is O=C(Nc1ccc2sc3ccccc3c(=O)c2c1)[C@@H]1C[C@@H]1c1ccccc1. The van der Waals surface area contributed by atoms with Crippen molar-refractivity contribution in [3.63, 3.8) is 0 Å². The molecule has 1 amide bonds. The minimum absolute atomic E-state index is 0.00855. The van der Waals surface area contributed by atoms with Crippen molar-refractivity contribution in [1.82, 2.24) is 0 Å². The molecular weight excluding hydrogens is 354 g/mol. The van der Waals surface area contributed by atoms with Gasteiger partial charge in [0.15, 0.2) is 5.43 Å². The van der Waals surface area contributed by atoms with Crippen LogP contribution >= 0.6 is 11.3 Å². The lowest BCUT2D eigenvalue weighted by molar-refractivity contribution is -0.117. The van der Waals surface area contributed by atoms with Gasteiger partial charge in [-0.2, -0.15) is 0 Å². The molecule has 0 bridgehead atoms. The van der Waals surface area contributed by atoms with Crippen molar-refractivity contribution < 1.29 is 4.79 Å². The molecule has 1 aliphatic rings. The molecule has 4 heteroatoms. The molecule has 132 valence electrons. The third-order valence-electron chi connectivity index (χ3n) is 5.20. The van der Waals surface area contributed by atoms with Crippen molar-refractivity contribution in [3.8, 4) is 0 Å². The number of hydrogen-bond acceptors (Lipinski definition) is 3. The van der Waals surface area contributed by atoms with Crippen LogP contribution in [0.4, 0.5) is 5.69 Å². The van der Waals surface area contributed by atoms with Crippen LogP contribution in [0.2, 0.25) is 0 Å². The van der Waals surface area contributed by atoms with E-state index in [1.807, 2.05) is 54.6 Å². The molecule has 3 aromatic carbocycles. The summed E-state index contributed by atoms with van der Waals surface area (Å²) < 4.78 is 1.92. The van der Waals surface area contributed by atoms with Crippen LogP contribution in [-0.4, -0.2) is 5.91 Å². The van der Waals surface area contributed by atoms with Gasteiger partial charge in [0, 0.05) is 31.8 Å². The summed E-state index contributed by atoms with van der Waals surface area (Å²) in [6, 6.07) is 23.4. The summed E-state index contributed by atoms with van der Waals surface area (Å²) in [7, 11) is 0. The van der Waals surface area contributed by atoms with Gasteiger partial charge in [-0.3, -0.25) is 9.59 Å². The van der Waals surface area contributed by atoms with Crippen molar-refractivity contribution in [2.75, 3.05) is 5.32 Å². The van der Waals surface area contributed by atoms with E-state index in [1.165, 1.54) is 5.56 Å². The first-order valence-electron chi connectivity index (χ1n) is 9.02. The summed E-state index contributed by atoms with van der Waals surface area (Å²) in [6.45, 7) is 0. The largest absolute Gasteiger partial charge is 0.326 e. The molecule has 0 radical (unpaired) electrons. The summed E-state index contributed by atoms with van der Waals surface area (Å²) in [5.41, 5.74) is 1.92. The van der Waals surface area contributed by atoms with Gasteiger partial charge in [0.25, 0.3) is 0 Å². The van der Waals surface area contributed by atoms with E-state index in [0.29, 0.717) is 17.0 Å². The van der Waals surface area contributed by atoms with E-state index < -0.39 is 0 Å². The average molecular weight is 371 g/mol. The highest BCUT2D eigenvalue weighted by molar-refractivity contribution is 7.24. The fourth-order valence-electron chi connectivity index (χ4n) is 3.67. The Balaban J connectivity index is 1.42. The van der Waals surface area contributed by atoms with Crippen LogP contribution in [-0.2, 0) is 4.79 Å². The number of fused-ring (bicyclic) bond motifs is 2. The van der Waals surface area contributed by atoms with Crippen LogP contribution in [0.1, 0.15) is 17.9 Å². The maximum absolute atomic E-state index is 12.8. The summed E-state index contributed by atoms with van der Waals surface area (Å²) in [4.78, 5) is 25.4. The predicted octanol–water partition coefficient (Wildman–Crippen LogP) is 5.16. The fourth-order valence-corrected chi connectivity index (χ4v) is 4.72. The van der Waals surface area contributed by atoms with Crippen molar-refractivity contribution in [2.24, 2.45) is 5.92 Å². The monoisotopic (exact) mass is 371 g/mol. The summed E-state index contributed by atoms with van der Waals surface area (Å²) in [6.07, 6.45) is 0.878. The Bertz CT molecular complexity index is 1230. The van der Waals surface area contributed by atoms with E-state index in [-0.39, 0.29) is 17.3 Å². The molecule has 0 aliphatic heterocycles. The lowest BCUT2D eigenvalue weighted by Crippen LogP contribution is -2.14. The number of amides is 1. The molecule has 0 unspecified atom stereocenters. The number of hydrogen-bond donors (Lipinski definition) is 1. The molecule has 1 aromatic heterocycles. The number of nitrogens with one attached hydrogen (secondary N) is 1. The molecule has 5 rings (SSSR count). The zero-order valence-corrected chi connectivity index (χ0v) is 15.3. The minimum atomic E-state index is 0.00855. The highest BCUT2D eigenvalue weighted by Crippen LogP contribution is 2.47. The Hall–Kier alpha value is -2.98. The van der Waals surface area contributed by atoms with E-state index >= 15 is 0 Å². The smallest absolute Gasteiger partial charge is 0.228 e. The highest BCUT2D eigenvalue weighted by Gasteiger charge is 2.43. The van der Waals surface area contributed by atoms with Crippen LogP contribution in [0, 0.1) is 5.92 Å². The number of carbonyl (C=O) groups is 1. The Kier molecular flexibility index (Phi) is 3.80. The molecule has 27 heavy (non-hydrogen) atoms. The van der Waals surface area contributed by atoms with Gasteiger partial charge in [0.1, 0.15) is 0 Å². The maximum atomic E-state index is 12.8. The zero-order valence-electron chi connectivity index (χ0n) is 14.5. The summed E-state index contributed by atoms with van der Waals surface area (Å²) >= 11 is 1.60. The minimum Gasteiger partial charge on any atom is -0.326 e. The van der Waals surface area contributed by atoms with Gasteiger partial charge >= 0.3 is 0 Å². The van der Waals surface area contributed by atoms with E-state index in [1.54, 1.807) is 17.4 Å². The van der Waals surface area contributed by atoms with Gasteiger partial charge in [0.05, 0.1) is 0 Å². The van der Waals surface area contributed by atoms with Crippen LogP contribution < -0.4 is 10.7 Å². The molecule has 1 aliphatic carbocycles. The number of anilines is 1. The van der Waals surface area contributed by atoms with E-state index in [2.05, 4.69) is 17.4 Å². The van der Waals surface area contributed by atoms with Crippen LogP contribution in [0.15, 0.2) is 77.6 Å². The standard InChI is InChI=1S/C23H17NO2S/c25-22-16-8-4-5-9-20(16)27-21-11-10-15(12-19(21)22)24-23(26)18-13-17(18)14-6-2-1-3-7-14/h1-12,17-18H,13H2,(H,24,26)/t17-,18-/m1/s1. The topological polar surface area (TPSA) is 46.2 Å². The zero-order chi connectivity index (χ0) is 18.4. The van der Waals surface area contributed by atoms with Gasteiger partial charge in [-0.05, 0) is 48.2 Å². The number of benzene rings is 3. The third kappa shape index (κ3) is 2.92. The maximum Gasteiger partial charge on any atom is 0.228 e. The Morgan fingerprint density at radius 2 is 1.63 bits per heavy atom. The quantitative estimate of drug-likeness (QED) is 0.506. The lowest BCUT2D eigenvalue weighted by Gasteiger charge is -2.07. The Morgan fingerprint density at radius 1 is 0.889 bits per heavy atom. The van der Waals surface area contributed by atoms with Gasteiger partial charge in [-0.1, -0.05) is 42.5 Å². The predicted molar refractivity (Wildman–Crippen MR) is 112 cm³/mol. The third-order valence-corrected chi connectivity index (χ3v) is 6.35. The van der Waals surface area contributed by atoms with Crippen molar-refractivity contribution in [2.45, 2.75) is 12.3 Å². The van der Waals surface area contributed by atoms with E-state index in [4.69, 9.17) is 0 Å². The molecule has 2 atom stereocenters. The second kappa shape index (κ2) is 6.32. The van der Waals surface area contributed by atoms with Crippen LogP contribution in [0.3, 0.4) is 0 Å². The van der Waals surface area contributed by atoms with E-state index in [0.717, 1.165) is 21.2 Å². The van der Waals surface area contributed by atoms with Crippen molar-refractivity contribution >= 4 is 43.1 Å². The van der Waals surface area contributed by atoms with Gasteiger partial charge in [-0.25, -0.2) is 0 Å². The van der Waals surface area contributed by atoms with Crippen LogP contribution in [0.5, 0.6) is 0 Å². The number of carbonyl (C=O) groups excluding carboxylic acids is 1. The molecule has 0 spiro atoms. The lowest BCUT2D eigenvalue weighted by atomic mass is 10.1. The van der Waals surface area contributed by atoms with Gasteiger partial charge in [-0.15, -0.1) is 11.3 Å². The van der Waals surface area contributed by atoms with Crippen molar-refractivity contribution in [1.29, 1.82) is 0 Å². The fraction of sp³-hybridized carbons (Fsp3) is 0.130. The van der Waals surface area contributed by atoms with Gasteiger partial charge < -0.3 is 5.32 Å². The molecule has 1 heterocycles. The second-order valence-corrected chi connectivity index (χ2v) is 8.07. The average Bonchev–Trinajstić information content (AvgIpc) is 3.51. The molecule has 1 N–H and O–H groups in total. The number of rotatable bonds is 3.